The first-order chi connectivity index (χ1) is 11.1. The van der Waals surface area contributed by atoms with Crippen LogP contribution in [-0.4, -0.2) is 31.1 Å². The van der Waals surface area contributed by atoms with E-state index in [9.17, 15) is 4.79 Å². The Morgan fingerprint density at radius 3 is 2.57 bits per heavy atom. The fourth-order valence-electron chi connectivity index (χ4n) is 2.87. The number of methoxy groups -OCH3 is 1. The predicted octanol–water partition coefficient (Wildman–Crippen LogP) is 4.61. The minimum absolute atomic E-state index is 0.0716. The molecular formula is C20H31NO2. The molecule has 0 spiro atoms. The van der Waals surface area contributed by atoms with Crippen LogP contribution in [0.4, 0.5) is 0 Å². The maximum Gasteiger partial charge on any atom is 0.309 e. The number of carbonyl (C=O) groups excluding carboxylic acids is 1. The molecule has 0 bridgehead atoms. The van der Waals surface area contributed by atoms with Crippen molar-refractivity contribution < 1.29 is 9.53 Å². The highest BCUT2D eigenvalue weighted by Gasteiger charge is 2.24. The number of unbranched alkanes of at least 4 members (excludes halogenated alkanes) is 2. The number of benzene rings is 1. The number of esters is 1. The fourth-order valence-corrected chi connectivity index (χ4v) is 2.87. The van der Waals surface area contributed by atoms with Crippen LogP contribution in [0, 0.1) is 5.92 Å². The fraction of sp³-hybridized carbons (Fsp3) is 0.550. The zero-order valence-electron chi connectivity index (χ0n) is 14.8. The molecule has 1 rings (SSSR count). The van der Waals surface area contributed by atoms with Gasteiger partial charge in [-0.1, -0.05) is 62.6 Å². The van der Waals surface area contributed by atoms with Gasteiger partial charge in [-0.15, -0.1) is 6.58 Å². The summed E-state index contributed by atoms with van der Waals surface area (Å²) in [6.07, 6.45) is 6.17. The lowest BCUT2D eigenvalue weighted by Gasteiger charge is -2.31. The van der Waals surface area contributed by atoms with E-state index in [0.717, 1.165) is 32.2 Å². The van der Waals surface area contributed by atoms with Gasteiger partial charge >= 0.3 is 5.97 Å². The minimum Gasteiger partial charge on any atom is -0.469 e. The second-order valence-electron chi connectivity index (χ2n) is 6.05. The van der Waals surface area contributed by atoms with Crippen LogP contribution >= 0.6 is 0 Å². The summed E-state index contributed by atoms with van der Waals surface area (Å²) in [4.78, 5) is 14.4. The normalized spacial score (nSPS) is 13.6. The molecule has 3 nitrogen and oxygen atoms in total. The Morgan fingerprint density at radius 2 is 2.00 bits per heavy atom. The van der Waals surface area contributed by atoms with Crippen molar-refractivity contribution in [1.82, 2.24) is 4.90 Å². The van der Waals surface area contributed by atoms with Gasteiger partial charge in [-0.3, -0.25) is 9.69 Å². The standard InChI is InChI=1S/C20H31NO2/c1-5-7-9-14-19(20(22)23-4)16-21(15-6-2)17(3)18-12-10-8-11-13-18/h6,8,10-13,17,19H,2,5,7,9,14-16H2,1,3-4H3/t17-,19?/m1/s1. The van der Waals surface area contributed by atoms with Gasteiger partial charge in [0.15, 0.2) is 0 Å². The van der Waals surface area contributed by atoms with Gasteiger partial charge in [-0.25, -0.2) is 0 Å². The number of nitrogens with zero attached hydrogens (tertiary/aromatic N) is 1. The van der Waals surface area contributed by atoms with Crippen molar-refractivity contribution in [2.24, 2.45) is 5.92 Å². The van der Waals surface area contributed by atoms with Crippen LogP contribution in [-0.2, 0) is 9.53 Å². The molecule has 1 aromatic carbocycles. The highest BCUT2D eigenvalue weighted by Crippen LogP contribution is 2.23. The Kier molecular flexibility index (Phi) is 9.30. The smallest absolute Gasteiger partial charge is 0.309 e. The Balaban J connectivity index is 2.80. The first-order valence-electron chi connectivity index (χ1n) is 8.61. The Labute approximate surface area is 141 Å². The topological polar surface area (TPSA) is 29.5 Å². The second-order valence-corrected chi connectivity index (χ2v) is 6.05. The van der Waals surface area contributed by atoms with Crippen molar-refractivity contribution in [3.05, 3.63) is 48.6 Å². The molecule has 0 fully saturated rings. The van der Waals surface area contributed by atoms with Crippen LogP contribution in [0.3, 0.4) is 0 Å². The molecule has 3 heteroatoms. The van der Waals surface area contributed by atoms with E-state index >= 15 is 0 Å². The van der Waals surface area contributed by atoms with Crippen LogP contribution in [0.2, 0.25) is 0 Å². The minimum atomic E-state index is -0.101. The van der Waals surface area contributed by atoms with Crippen LogP contribution in [0.25, 0.3) is 0 Å². The van der Waals surface area contributed by atoms with Gasteiger partial charge in [0.25, 0.3) is 0 Å². The van der Waals surface area contributed by atoms with Crippen LogP contribution in [0.1, 0.15) is 51.1 Å². The molecule has 2 atom stereocenters. The monoisotopic (exact) mass is 317 g/mol. The zero-order chi connectivity index (χ0) is 17.1. The van der Waals surface area contributed by atoms with Crippen molar-refractivity contribution in [1.29, 1.82) is 0 Å². The quantitative estimate of drug-likeness (QED) is 0.339. The number of rotatable bonds is 11. The third-order valence-electron chi connectivity index (χ3n) is 4.34. The maximum absolute atomic E-state index is 12.1. The third-order valence-corrected chi connectivity index (χ3v) is 4.34. The molecule has 0 saturated heterocycles. The number of ether oxygens (including phenoxy) is 1. The Morgan fingerprint density at radius 1 is 1.30 bits per heavy atom. The number of hydrogen-bond donors (Lipinski definition) is 0. The van der Waals surface area contributed by atoms with E-state index in [4.69, 9.17) is 4.74 Å². The van der Waals surface area contributed by atoms with Gasteiger partial charge in [0.1, 0.15) is 0 Å². The van der Waals surface area contributed by atoms with Crippen molar-refractivity contribution in [2.75, 3.05) is 20.2 Å². The third kappa shape index (κ3) is 6.57. The Hall–Kier alpha value is -1.61. The highest BCUT2D eigenvalue weighted by atomic mass is 16.5. The lowest BCUT2D eigenvalue weighted by molar-refractivity contribution is -0.146. The van der Waals surface area contributed by atoms with E-state index in [2.05, 4.69) is 49.6 Å². The summed E-state index contributed by atoms with van der Waals surface area (Å²) in [6, 6.07) is 10.6. The lowest BCUT2D eigenvalue weighted by Crippen LogP contribution is -2.36. The molecule has 1 aromatic rings. The van der Waals surface area contributed by atoms with Crippen LogP contribution in [0.15, 0.2) is 43.0 Å². The van der Waals surface area contributed by atoms with Gasteiger partial charge in [0, 0.05) is 19.1 Å². The average Bonchev–Trinajstić information content (AvgIpc) is 2.59. The van der Waals surface area contributed by atoms with Gasteiger partial charge in [0.2, 0.25) is 0 Å². The number of carbonyl (C=O) groups is 1. The van der Waals surface area contributed by atoms with Gasteiger partial charge in [0.05, 0.1) is 13.0 Å². The molecule has 1 unspecified atom stereocenters. The predicted molar refractivity (Wildman–Crippen MR) is 96.3 cm³/mol. The molecular weight excluding hydrogens is 286 g/mol. The van der Waals surface area contributed by atoms with E-state index in [1.54, 1.807) is 0 Å². The van der Waals surface area contributed by atoms with E-state index < -0.39 is 0 Å². The SMILES string of the molecule is C=CCN(CC(CCCCC)C(=O)OC)[C@H](C)c1ccccc1. The molecule has 0 aliphatic carbocycles. The first kappa shape index (κ1) is 19.4. The van der Waals surface area contributed by atoms with Crippen LogP contribution in [0.5, 0.6) is 0 Å². The van der Waals surface area contributed by atoms with Crippen molar-refractivity contribution >= 4 is 5.97 Å². The van der Waals surface area contributed by atoms with Crippen molar-refractivity contribution in [3.63, 3.8) is 0 Å². The molecule has 0 radical (unpaired) electrons. The van der Waals surface area contributed by atoms with E-state index in [0.29, 0.717) is 6.54 Å². The summed E-state index contributed by atoms with van der Waals surface area (Å²) >= 11 is 0. The molecule has 23 heavy (non-hydrogen) atoms. The summed E-state index contributed by atoms with van der Waals surface area (Å²) in [5, 5.41) is 0. The average molecular weight is 317 g/mol. The van der Waals surface area contributed by atoms with E-state index in [1.807, 2.05) is 12.1 Å². The summed E-state index contributed by atoms with van der Waals surface area (Å²) in [6.45, 7) is 9.69. The summed E-state index contributed by atoms with van der Waals surface area (Å²) in [5.74, 6) is -0.173. The van der Waals surface area contributed by atoms with Gasteiger partial charge in [-0.2, -0.15) is 0 Å². The summed E-state index contributed by atoms with van der Waals surface area (Å²) < 4.78 is 5.02. The maximum atomic E-state index is 12.1. The van der Waals surface area contributed by atoms with E-state index in [1.165, 1.54) is 12.7 Å². The lowest BCUT2D eigenvalue weighted by atomic mass is 9.98. The molecule has 0 amide bonds. The summed E-state index contributed by atoms with van der Waals surface area (Å²) in [5.41, 5.74) is 1.26. The van der Waals surface area contributed by atoms with E-state index in [-0.39, 0.29) is 17.9 Å². The molecule has 0 aromatic heterocycles. The molecule has 0 heterocycles. The molecule has 0 aliphatic rings. The number of hydrogen-bond acceptors (Lipinski definition) is 3. The highest BCUT2D eigenvalue weighted by molar-refractivity contribution is 5.72. The van der Waals surface area contributed by atoms with Crippen LogP contribution < -0.4 is 0 Å². The molecule has 0 N–H and O–H groups in total. The second kappa shape index (κ2) is 11.0. The molecule has 0 aliphatic heterocycles. The van der Waals surface area contributed by atoms with Gasteiger partial charge < -0.3 is 4.74 Å². The van der Waals surface area contributed by atoms with Crippen molar-refractivity contribution in [3.8, 4) is 0 Å². The largest absolute Gasteiger partial charge is 0.469 e. The molecule has 0 saturated carbocycles. The Bertz CT molecular complexity index is 458. The van der Waals surface area contributed by atoms with Gasteiger partial charge in [-0.05, 0) is 18.9 Å². The zero-order valence-corrected chi connectivity index (χ0v) is 14.8. The summed E-state index contributed by atoms with van der Waals surface area (Å²) in [7, 11) is 1.48. The first-order valence-corrected chi connectivity index (χ1v) is 8.61. The molecule has 128 valence electrons. The van der Waals surface area contributed by atoms with Crippen molar-refractivity contribution in [2.45, 2.75) is 45.6 Å².